The summed E-state index contributed by atoms with van der Waals surface area (Å²) in [6.07, 6.45) is 1.09. The van der Waals surface area contributed by atoms with Gasteiger partial charge in [-0.3, -0.25) is 14.4 Å². The van der Waals surface area contributed by atoms with Crippen LogP contribution >= 0.6 is 0 Å². The topological polar surface area (TPSA) is 88.8 Å². The summed E-state index contributed by atoms with van der Waals surface area (Å²) in [5.41, 5.74) is -1.26. The van der Waals surface area contributed by atoms with Crippen LogP contribution in [0.5, 0.6) is 5.75 Å². The van der Waals surface area contributed by atoms with Crippen molar-refractivity contribution in [1.82, 2.24) is 9.47 Å². The van der Waals surface area contributed by atoms with Crippen molar-refractivity contribution in [3.05, 3.63) is 63.1 Å². The Morgan fingerprint density at radius 3 is 2.80 bits per heavy atom. The van der Waals surface area contributed by atoms with Gasteiger partial charge in [-0.05, 0) is 31.4 Å². The first-order valence-corrected chi connectivity index (χ1v) is 9.65. The largest absolute Gasteiger partial charge is 0.503 e. The Bertz CT molecular complexity index is 1100. The molecule has 0 radical (unpaired) electrons. The minimum absolute atomic E-state index is 0.0388. The molecule has 2 aromatic rings. The molecule has 4 rings (SSSR count). The third-order valence-electron chi connectivity index (χ3n) is 5.61. The van der Waals surface area contributed by atoms with E-state index < -0.39 is 40.7 Å². The lowest BCUT2D eigenvalue weighted by atomic mass is 10.0. The summed E-state index contributed by atoms with van der Waals surface area (Å²) in [6.45, 7) is 2.52. The predicted molar refractivity (Wildman–Crippen MR) is 101 cm³/mol. The molecule has 0 unspecified atom stereocenters. The van der Waals surface area contributed by atoms with Crippen LogP contribution in [0, 0.1) is 11.6 Å². The molecule has 158 valence electrons. The van der Waals surface area contributed by atoms with Gasteiger partial charge in [0.05, 0.1) is 18.7 Å². The van der Waals surface area contributed by atoms with E-state index >= 15 is 0 Å². The van der Waals surface area contributed by atoms with E-state index in [9.17, 15) is 28.3 Å². The summed E-state index contributed by atoms with van der Waals surface area (Å²) < 4.78 is 33.8. The number of ketones is 1. The number of amides is 1. The summed E-state index contributed by atoms with van der Waals surface area (Å²) in [5.74, 6) is -3.42. The Morgan fingerprint density at radius 2 is 2.07 bits per heavy atom. The molecule has 1 N–H and O–H groups in total. The zero-order chi connectivity index (χ0) is 21.6. The molecule has 1 amide bonds. The minimum atomic E-state index is -0.941. The van der Waals surface area contributed by atoms with Crippen LogP contribution in [0.25, 0.3) is 0 Å². The summed E-state index contributed by atoms with van der Waals surface area (Å²) in [5, 5.41) is 10.4. The zero-order valence-electron chi connectivity index (χ0n) is 16.2. The van der Waals surface area contributed by atoms with E-state index in [4.69, 9.17) is 4.74 Å². The molecule has 1 aromatic heterocycles. The monoisotopic (exact) mass is 418 g/mol. The molecule has 1 saturated heterocycles. The minimum Gasteiger partial charge on any atom is -0.503 e. The highest BCUT2D eigenvalue weighted by Crippen LogP contribution is 2.29. The average molecular weight is 418 g/mol. The van der Waals surface area contributed by atoms with Crippen molar-refractivity contribution in [2.45, 2.75) is 45.0 Å². The van der Waals surface area contributed by atoms with Crippen LogP contribution in [0.1, 0.15) is 46.2 Å². The first-order valence-electron chi connectivity index (χ1n) is 9.65. The third-order valence-corrected chi connectivity index (χ3v) is 5.61. The van der Waals surface area contributed by atoms with Crippen molar-refractivity contribution in [3.63, 3.8) is 0 Å². The van der Waals surface area contributed by atoms with E-state index in [1.807, 2.05) is 6.92 Å². The number of hydrogen-bond acceptors (Lipinski definition) is 5. The summed E-state index contributed by atoms with van der Waals surface area (Å²) in [6, 6.07) is 2.95. The molecule has 0 bridgehead atoms. The second-order valence-corrected chi connectivity index (χ2v) is 7.56. The third kappa shape index (κ3) is 3.39. The number of hydrogen-bond donors (Lipinski definition) is 1. The number of Topliss-reactive ketones (excluding diaryl/α,β-unsaturated/α-hetero) is 1. The summed E-state index contributed by atoms with van der Waals surface area (Å²) in [7, 11) is 0. The maximum absolute atomic E-state index is 13.8. The molecule has 2 atom stereocenters. The van der Waals surface area contributed by atoms with E-state index in [1.54, 1.807) is 0 Å². The van der Waals surface area contributed by atoms with Crippen LogP contribution in [-0.2, 0) is 17.7 Å². The maximum atomic E-state index is 13.8. The molecule has 30 heavy (non-hydrogen) atoms. The average Bonchev–Trinajstić information content (AvgIpc) is 2.69. The highest BCUT2D eigenvalue weighted by atomic mass is 19.1. The molecule has 2 aliphatic heterocycles. The number of carbonyl (C=O) groups is 2. The van der Waals surface area contributed by atoms with Gasteiger partial charge in [-0.1, -0.05) is 6.07 Å². The van der Waals surface area contributed by atoms with Gasteiger partial charge in [0.1, 0.15) is 11.6 Å². The van der Waals surface area contributed by atoms with Crippen molar-refractivity contribution in [2.75, 3.05) is 6.61 Å². The fraction of sp³-hybridized carbons (Fsp3) is 0.381. The molecule has 0 saturated carbocycles. The molecular weight excluding hydrogens is 398 g/mol. The Kier molecular flexibility index (Phi) is 5.15. The van der Waals surface area contributed by atoms with Gasteiger partial charge >= 0.3 is 0 Å². The SMILES string of the molecule is C[C@@H]1CCO[C@H]2Cn3cc(C(=O)CCc4ccc(F)cc4F)c(=O)c(O)c3C(=O)N12. The maximum Gasteiger partial charge on any atom is 0.276 e. The van der Waals surface area contributed by atoms with Gasteiger partial charge in [0.2, 0.25) is 5.43 Å². The summed E-state index contributed by atoms with van der Waals surface area (Å²) >= 11 is 0. The van der Waals surface area contributed by atoms with Crippen molar-refractivity contribution >= 4 is 11.7 Å². The molecule has 0 aliphatic carbocycles. The number of ether oxygens (including phenoxy) is 1. The number of benzene rings is 1. The Hall–Kier alpha value is -3.07. The van der Waals surface area contributed by atoms with Gasteiger partial charge in [0, 0.05) is 24.7 Å². The molecular formula is C21H20F2N2O5. The van der Waals surface area contributed by atoms with Crippen LogP contribution in [0.15, 0.2) is 29.2 Å². The molecule has 1 aromatic carbocycles. The second-order valence-electron chi connectivity index (χ2n) is 7.56. The molecule has 1 fully saturated rings. The van der Waals surface area contributed by atoms with Crippen LogP contribution in [0.3, 0.4) is 0 Å². The fourth-order valence-electron chi connectivity index (χ4n) is 3.96. The van der Waals surface area contributed by atoms with Gasteiger partial charge in [-0.25, -0.2) is 8.78 Å². The fourth-order valence-corrected chi connectivity index (χ4v) is 3.96. The standard InChI is InChI=1S/C21H20F2N2O5/c1-11-6-7-30-17-10-24-9-14(19(27)20(28)18(24)21(29)25(11)17)16(26)5-3-12-2-4-13(22)8-15(12)23/h2,4,8-9,11,17,28H,3,5-7,10H2,1H3/t11-,17+/m1/s1. The van der Waals surface area contributed by atoms with Gasteiger partial charge in [-0.15, -0.1) is 0 Å². The Labute approximate surface area is 170 Å². The number of aryl methyl sites for hydroxylation is 1. The highest BCUT2D eigenvalue weighted by Gasteiger charge is 2.40. The van der Waals surface area contributed by atoms with Crippen molar-refractivity contribution in [3.8, 4) is 5.75 Å². The first-order chi connectivity index (χ1) is 14.3. The normalized spacial score (nSPS) is 20.6. The molecule has 7 nitrogen and oxygen atoms in total. The van der Waals surface area contributed by atoms with Crippen molar-refractivity contribution in [2.24, 2.45) is 0 Å². The number of rotatable bonds is 4. The molecule has 0 spiro atoms. The number of carbonyl (C=O) groups excluding carboxylic acids is 2. The molecule has 3 heterocycles. The number of nitrogens with zero attached hydrogens (tertiary/aromatic N) is 2. The number of fused-ring (bicyclic) bond motifs is 2. The van der Waals surface area contributed by atoms with Crippen LogP contribution < -0.4 is 5.43 Å². The summed E-state index contributed by atoms with van der Waals surface area (Å²) in [4.78, 5) is 39.6. The number of aromatic hydroxyl groups is 1. The van der Waals surface area contributed by atoms with Gasteiger partial charge < -0.3 is 19.3 Å². The Morgan fingerprint density at radius 1 is 1.30 bits per heavy atom. The molecule has 2 aliphatic rings. The van der Waals surface area contributed by atoms with Crippen molar-refractivity contribution < 1.29 is 28.2 Å². The van der Waals surface area contributed by atoms with E-state index in [0.717, 1.165) is 12.1 Å². The van der Waals surface area contributed by atoms with E-state index in [2.05, 4.69) is 0 Å². The van der Waals surface area contributed by atoms with Gasteiger partial charge in [0.25, 0.3) is 5.91 Å². The smallest absolute Gasteiger partial charge is 0.276 e. The van der Waals surface area contributed by atoms with Gasteiger partial charge in [0.15, 0.2) is 23.5 Å². The van der Waals surface area contributed by atoms with Crippen molar-refractivity contribution in [1.29, 1.82) is 0 Å². The highest BCUT2D eigenvalue weighted by molar-refractivity contribution is 6.00. The van der Waals surface area contributed by atoms with E-state index in [-0.39, 0.29) is 42.2 Å². The zero-order valence-corrected chi connectivity index (χ0v) is 16.2. The number of halogens is 2. The quantitative estimate of drug-likeness (QED) is 0.770. The lowest BCUT2D eigenvalue weighted by molar-refractivity contribution is -0.112. The van der Waals surface area contributed by atoms with Crippen LogP contribution in [-0.4, -0.2) is 45.1 Å². The van der Waals surface area contributed by atoms with E-state index in [1.165, 1.54) is 21.7 Å². The van der Waals surface area contributed by atoms with Crippen LogP contribution in [0.4, 0.5) is 8.78 Å². The first kappa shape index (κ1) is 20.2. The number of pyridine rings is 1. The predicted octanol–water partition coefficient (Wildman–Crippen LogP) is 2.24. The van der Waals surface area contributed by atoms with E-state index in [0.29, 0.717) is 13.0 Å². The van der Waals surface area contributed by atoms with Crippen LogP contribution in [0.2, 0.25) is 0 Å². The second kappa shape index (κ2) is 7.64. The molecule has 9 heteroatoms. The van der Waals surface area contributed by atoms with Gasteiger partial charge in [-0.2, -0.15) is 0 Å². The lowest BCUT2D eigenvalue weighted by Gasteiger charge is -2.44. The lowest BCUT2D eigenvalue weighted by Crippen LogP contribution is -2.57. The number of aromatic nitrogens is 1. The Balaban J connectivity index is 1.63.